The number of hydrogen-bond acceptors (Lipinski definition) is 1. The molecule has 0 radical (unpaired) electrons. The fourth-order valence-corrected chi connectivity index (χ4v) is 5.13. The Balaban J connectivity index is 1.63. The van der Waals surface area contributed by atoms with E-state index in [4.69, 9.17) is 0 Å². The van der Waals surface area contributed by atoms with Crippen LogP contribution >= 0.6 is 39.5 Å². The van der Waals surface area contributed by atoms with E-state index in [1.165, 1.54) is 22.9 Å². The number of rotatable bonds is 3. The Morgan fingerprint density at radius 1 is 0.645 bits per heavy atom. The Hall–Kier alpha value is -2.21. The third kappa shape index (κ3) is 3.79. The van der Waals surface area contributed by atoms with E-state index in [-0.39, 0.29) is 5.30 Å². The van der Waals surface area contributed by atoms with Crippen molar-refractivity contribution in [1.29, 1.82) is 0 Å². The van der Waals surface area contributed by atoms with E-state index in [0.717, 1.165) is 36.8 Å². The Labute approximate surface area is 195 Å². The van der Waals surface area contributed by atoms with Crippen molar-refractivity contribution in [1.82, 2.24) is 4.57 Å². The van der Waals surface area contributed by atoms with Crippen molar-refractivity contribution in [3.05, 3.63) is 93.9 Å². The highest BCUT2D eigenvalue weighted by atomic mass is 79.9. The SMILES string of the molecule is O=P(O)(O)c1ccc(-c2ccc(-n3c4cc(Br)ccc4c4ccc(Br)cc43)cc2)cc1. The van der Waals surface area contributed by atoms with E-state index in [2.05, 4.69) is 85.0 Å². The van der Waals surface area contributed by atoms with Gasteiger partial charge in [0.05, 0.1) is 16.3 Å². The number of halogens is 2. The smallest absolute Gasteiger partial charge is 0.321 e. The molecular weight excluding hydrogens is 541 g/mol. The summed E-state index contributed by atoms with van der Waals surface area (Å²) in [7, 11) is -4.24. The lowest BCUT2D eigenvalue weighted by Gasteiger charge is -2.10. The van der Waals surface area contributed by atoms with Crippen LogP contribution in [0.5, 0.6) is 0 Å². The first-order valence-electron chi connectivity index (χ1n) is 9.47. The van der Waals surface area contributed by atoms with E-state index >= 15 is 0 Å². The standard InChI is InChI=1S/C24H16Br2NO3P/c25-17-5-11-21-22-12-6-18(26)14-24(22)27(23(21)13-17)19-7-1-15(2-8-19)16-3-9-20(10-4-16)31(28,29)30/h1-14H,(H2,28,29,30). The summed E-state index contributed by atoms with van der Waals surface area (Å²) in [6.07, 6.45) is 0. The van der Waals surface area contributed by atoms with Crippen LogP contribution in [-0.4, -0.2) is 14.4 Å². The van der Waals surface area contributed by atoms with Gasteiger partial charge in [0.25, 0.3) is 0 Å². The van der Waals surface area contributed by atoms with Gasteiger partial charge in [-0.15, -0.1) is 0 Å². The predicted octanol–water partition coefficient (Wildman–Crippen LogP) is 6.78. The van der Waals surface area contributed by atoms with Gasteiger partial charge < -0.3 is 14.4 Å². The molecule has 0 atom stereocenters. The summed E-state index contributed by atoms with van der Waals surface area (Å²) >= 11 is 7.19. The first kappa shape index (κ1) is 20.7. The van der Waals surface area contributed by atoms with Gasteiger partial charge in [0, 0.05) is 25.4 Å². The van der Waals surface area contributed by atoms with Crippen LogP contribution in [0.2, 0.25) is 0 Å². The maximum Gasteiger partial charge on any atom is 0.356 e. The highest BCUT2D eigenvalue weighted by Crippen LogP contribution is 2.36. The van der Waals surface area contributed by atoms with Crippen molar-refractivity contribution in [3.8, 4) is 16.8 Å². The molecule has 0 amide bonds. The van der Waals surface area contributed by atoms with E-state index in [1.54, 1.807) is 12.1 Å². The van der Waals surface area contributed by atoms with Crippen LogP contribution in [0.25, 0.3) is 38.6 Å². The summed E-state index contributed by atoms with van der Waals surface area (Å²) in [6, 6.07) is 27.2. The Morgan fingerprint density at radius 2 is 1.10 bits per heavy atom. The molecule has 0 unspecified atom stereocenters. The van der Waals surface area contributed by atoms with Crippen LogP contribution in [0.4, 0.5) is 0 Å². The quantitative estimate of drug-likeness (QED) is 0.241. The van der Waals surface area contributed by atoms with Crippen LogP contribution < -0.4 is 5.30 Å². The molecule has 4 aromatic carbocycles. The molecule has 1 heterocycles. The summed E-state index contributed by atoms with van der Waals surface area (Å²) in [5.74, 6) is 0. The first-order valence-corrected chi connectivity index (χ1v) is 12.7. The molecule has 154 valence electrons. The molecule has 0 bridgehead atoms. The van der Waals surface area contributed by atoms with Crippen molar-refractivity contribution in [2.45, 2.75) is 0 Å². The highest BCUT2D eigenvalue weighted by Gasteiger charge is 2.17. The van der Waals surface area contributed by atoms with Gasteiger partial charge in [-0.25, -0.2) is 0 Å². The van der Waals surface area contributed by atoms with Crippen molar-refractivity contribution in [2.24, 2.45) is 0 Å². The summed E-state index contributed by atoms with van der Waals surface area (Å²) in [5.41, 5.74) is 5.13. The average molecular weight is 557 g/mol. The van der Waals surface area contributed by atoms with E-state index in [1.807, 2.05) is 12.1 Å². The first-order chi connectivity index (χ1) is 14.8. The predicted molar refractivity (Wildman–Crippen MR) is 133 cm³/mol. The molecular formula is C24H16Br2NO3P. The minimum Gasteiger partial charge on any atom is -0.321 e. The zero-order valence-electron chi connectivity index (χ0n) is 16.0. The van der Waals surface area contributed by atoms with Gasteiger partial charge in [-0.1, -0.05) is 68.3 Å². The second-order valence-corrected chi connectivity index (χ2v) is 10.7. The van der Waals surface area contributed by atoms with E-state index in [0.29, 0.717) is 0 Å². The van der Waals surface area contributed by atoms with Crippen LogP contribution in [-0.2, 0) is 4.57 Å². The monoisotopic (exact) mass is 555 g/mol. The number of hydrogen-bond donors (Lipinski definition) is 2. The number of aromatic nitrogens is 1. The third-order valence-corrected chi connectivity index (χ3v) is 7.31. The maximum atomic E-state index is 11.4. The van der Waals surface area contributed by atoms with Gasteiger partial charge in [0.15, 0.2) is 0 Å². The molecule has 0 aliphatic heterocycles. The highest BCUT2D eigenvalue weighted by molar-refractivity contribution is 9.10. The Bertz CT molecular complexity index is 1430. The molecule has 31 heavy (non-hydrogen) atoms. The Kier molecular flexibility index (Phi) is 5.16. The molecule has 0 aliphatic carbocycles. The molecule has 0 saturated heterocycles. The second kappa shape index (κ2) is 7.73. The molecule has 5 rings (SSSR count). The average Bonchev–Trinajstić information content (AvgIpc) is 3.05. The minimum atomic E-state index is -4.24. The van der Waals surface area contributed by atoms with Crippen molar-refractivity contribution >= 4 is 66.6 Å². The molecule has 0 aliphatic rings. The van der Waals surface area contributed by atoms with E-state index in [9.17, 15) is 14.4 Å². The lowest BCUT2D eigenvalue weighted by atomic mass is 10.1. The van der Waals surface area contributed by atoms with Crippen LogP contribution in [0.15, 0.2) is 93.9 Å². The molecule has 0 fully saturated rings. The summed E-state index contributed by atoms with van der Waals surface area (Å²) in [6.45, 7) is 0. The molecule has 0 saturated carbocycles. The number of benzene rings is 4. The van der Waals surface area contributed by atoms with Crippen LogP contribution in [0.1, 0.15) is 0 Å². The van der Waals surface area contributed by atoms with Gasteiger partial charge in [-0.05, 0) is 59.7 Å². The fourth-order valence-electron chi connectivity index (χ4n) is 3.89. The van der Waals surface area contributed by atoms with Crippen LogP contribution in [0.3, 0.4) is 0 Å². The minimum absolute atomic E-state index is 0.0225. The van der Waals surface area contributed by atoms with Crippen molar-refractivity contribution in [3.63, 3.8) is 0 Å². The maximum absolute atomic E-state index is 11.4. The second-order valence-electron chi connectivity index (χ2n) is 7.30. The summed E-state index contributed by atoms with van der Waals surface area (Å²) in [4.78, 5) is 18.6. The largest absolute Gasteiger partial charge is 0.356 e. The number of nitrogens with zero attached hydrogens (tertiary/aromatic N) is 1. The molecule has 2 N–H and O–H groups in total. The molecule has 1 aromatic heterocycles. The summed E-state index contributed by atoms with van der Waals surface area (Å²) < 4.78 is 15.7. The third-order valence-electron chi connectivity index (χ3n) is 5.35. The Morgan fingerprint density at radius 3 is 1.55 bits per heavy atom. The zero-order valence-corrected chi connectivity index (χ0v) is 20.1. The zero-order chi connectivity index (χ0) is 21.8. The van der Waals surface area contributed by atoms with Gasteiger partial charge in [0.2, 0.25) is 0 Å². The van der Waals surface area contributed by atoms with Gasteiger partial charge in [-0.3, -0.25) is 4.57 Å². The van der Waals surface area contributed by atoms with Gasteiger partial charge in [0.1, 0.15) is 0 Å². The normalized spacial score (nSPS) is 12.0. The lowest BCUT2D eigenvalue weighted by Crippen LogP contribution is -2.02. The lowest BCUT2D eigenvalue weighted by molar-refractivity contribution is 0.387. The summed E-state index contributed by atoms with van der Waals surface area (Å²) in [5, 5.41) is 2.39. The van der Waals surface area contributed by atoms with E-state index < -0.39 is 7.60 Å². The van der Waals surface area contributed by atoms with Crippen LogP contribution in [0, 0.1) is 0 Å². The van der Waals surface area contributed by atoms with Gasteiger partial charge in [-0.2, -0.15) is 0 Å². The molecule has 7 heteroatoms. The molecule has 4 nitrogen and oxygen atoms in total. The molecule has 0 spiro atoms. The molecule has 5 aromatic rings. The van der Waals surface area contributed by atoms with Crippen molar-refractivity contribution < 1.29 is 14.4 Å². The number of fused-ring (bicyclic) bond motifs is 3. The van der Waals surface area contributed by atoms with Crippen molar-refractivity contribution in [2.75, 3.05) is 0 Å². The topological polar surface area (TPSA) is 62.5 Å². The van der Waals surface area contributed by atoms with Gasteiger partial charge >= 0.3 is 7.60 Å². The fraction of sp³-hybridized carbons (Fsp3) is 0.